The van der Waals surface area contributed by atoms with Gasteiger partial charge >= 0.3 is 0 Å². The molecule has 0 saturated carbocycles. The number of rotatable bonds is 2. The molecule has 2 rings (SSSR count). The Hall–Kier alpha value is -1.82. The molecule has 0 aliphatic carbocycles. The molecule has 0 aliphatic heterocycles. The average molecular weight is 307 g/mol. The number of halogens is 1. The third-order valence-electron chi connectivity index (χ3n) is 2.17. The second-order valence-electron chi connectivity index (χ2n) is 3.82. The van der Waals surface area contributed by atoms with E-state index in [-0.39, 0.29) is 5.91 Å². The third kappa shape index (κ3) is 3.10. The lowest BCUT2D eigenvalue weighted by atomic mass is 10.3. The van der Waals surface area contributed by atoms with E-state index < -0.39 is 0 Å². The van der Waals surface area contributed by atoms with Crippen LogP contribution in [0.5, 0.6) is 0 Å². The molecule has 0 bridgehead atoms. The first-order chi connectivity index (χ1) is 8.54. The van der Waals surface area contributed by atoms with E-state index in [1.165, 1.54) is 6.20 Å². The van der Waals surface area contributed by atoms with Crippen molar-refractivity contribution in [2.45, 2.75) is 13.8 Å². The molecule has 2 heterocycles. The topological polar surface area (TPSA) is 67.8 Å². The fourth-order valence-corrected chi connectivity index (χ4v) is 1.86. The highest BCUT2D eigenvalue weighted by molar-refractivity contribution is 9.10. The lowest BCUT2D eigenvalue weighted by Crippen LogP contribution is -2.15. The predicted molar refractivity (Wildman–Crippen MR) is 71.4 cm³/mol. The molecule has 0 aliphatic rings. The molecule has 0 saturated heterocycles. The molecular weight excluding hydrogens is 296 g/mol. The molecule has 2 aromatic heterocycles. The molecule has 18 heavy (non-hydrogen) atoms. The van der Waals surface area contributed by atoms with Gasteiger partial charge in [-0.15, -0.1) is 0 Å². The number of nitrogens with zero attached hydrogens (tertiary/aromatic N) is 3. The number of aryl methyl sites for hydroxylation is 2. The standard InChI is InChI=1S/C12H11BrN4O/c1-7-3-8(2)16-12(15-7)17-11(18)9-4-10(13)6-14-5-9/h3-6H,1-2H3,(H,15,16,17,18). The van der Waals surface area contributed by atoms with Gasteiger partial charge < -0.3 is 0 Å². The summed E-state index contributed by atoms with van der Waals surface area (Å²) in [5.74, 6) is 0.0197. The van der Waals surface area contributed by atoms with Gasteiger partial charge in [-0.3, -0.25) is 15.1 Å². The van der Waals surface area contributed by atoms with Crippen molar-refractivity contribution >= 4 is 27.8 Å². The molecule has 5 nitrogen and oxygen atoms in total. The molecule has 0 atom stereocenters. The van der Waals surface area contributed by atoms with Gasteiger partial charge in [-0.25, -0.2) is 9.97 Å². The molecule has 6 heteroatoms. The molecule has 0 spiro atoms. The van der Waals surface area contributed by atoms with Gasteiger partial charge in [0.1, 0.15) is 0 Å². The molecular formula is C12H11BrN4O. The van der Waals surface area contributed by atoms with E-state index in [1.54, 1.807) is 12.3 Å². The first kappa shape index (κ1) is 12.6. The van der Waals surface area contributed by atoms with Crippen LogP contribution in [0.3, 0.4) is 0 Å². The normalized spacial score (nSPS) is 10.2. The molecule has 1 amide bonds. The maximum absolute atomic E-state index is 11.9. The van der Waals surface area contributed by atoms with E-state index in [2.05, 4.69) is 36.2 Å². The SMILES string of the molecule is Cc1cc(C)nc(NC(=O)c2cncc(Br)c2)n1. The third-order valence-corrected chi connectivity index (χ3v) is 2.61. The molecule has 92 valence electrons. The lowest BCUT2D eigenvalue weighted by Gasteiger charge is -2.05. The van der Waals surface area contributed by atoms with Crippen LogP contribution in [0, 0.1) is 13.8 Å². The van der Waals surface area contributed by atoms with Crippen molar-refractivity contribution in [1.82, 2.24) is 15.0 Å². The number of carbonyl (C=O) groups excluding carboxylic acids is 1. The zero-order valence-corrected chi connectivity index (χ0v) is 11.5. The lowest BCUT2D eigenvalue weighted by molar-refractivity contribution is 0.102. The van der Waals surface area contributed by atoms with E-state index in [0.717, 1.165) is 15.9 Å². The van der Waals surface area contributed by atoms with E-state index in [1.807, 2.05) is 19.9 Å². The summed E-state index contributed by atoms with van der Waals surface area (Å²) in [6, 6.07) is 3.53. The summed E-state index contributed by atoms with van der Waals surface area (Å²) >= 11 is 3.27. The average Bonchev–Trinajstić information content (AvgIpc) is 2.27. The van der Waals surface area contributed by atoms with Crippen molar-refractivity contribution < 1.29 is 4.79 Å². The maximum Gasteiger partial charge on any atom is 0.259 e. The summed E-state index contributed by atoms with van der Waals surface area (Å²) in [5.41, 5.74) is 2.07. The van der Waals surface area contributed by atoms with Crippen LogP contribution < -0.4 is 5.32 Å². The summed E-state index contributed by atoms with van der Waals surface area (Å²) in [6.45, 7) is 3.70. The Kier molecular flexibility index (Phi) is 3.66. The van der Waals surface area contributed by atoms with Crippen LogP contribution in [0.25, 0.3) is 0 Å². The second kappa shape index (κ2) is 5.22. The highest BCUT2D eigenvalue weighted by atomic mass is 79.9. The summed E-state index contributed by atoms with van der Waals surface area (Å²) in [5, 5.41) is 2.65. The molecule has 2 aromatic rings. The van der Waals surface area contributed by atoms with Crippen molar-refractivity contribution in [2.24, 2.45) is 0 Å². The van der Waals surface area contributed by atoms with Gasteiger partial charge in [0.15, 0.2) is 0 Å². The Morgan fingerprint density at radius 1 is 1.17 bits per heavy atom. The minimum absolute atomic E-state index is 0.284. The molecule has 1 N–H and O–H groups in total. The van der Waals surface area contributed by atoms with Crippen molar-refractivity contribution in [2.75, 3.05) is 5.32 Å². The minimum Gasteiger partial charge on any atom is -0.290 e. The van der Waals surface area contributed by atoms with Crippen molar-refractivity contribution in [3.63, 3.8) is 0 Å². The number of nitrogens with one attached hydrogen (secondary N) is 1. The quantitative estimate of drug-likeness (QED) is 0.925. The van der Waals surface area contributed by atoms with Crippen LogP contribution in [-0.4, -0.2) is 20.9 Å². The van der Waals surface area contributed by atoms with Gasteiger partial charge in [-0.05, 0) is 41.9 Å². The highest BCUT2D eigenvalue weighted by Crippen LogP contribution is 2.11. The summed E-state index contributed by atoms with van der Waals surface area (Å²) in [7, 11) is 0. The van der Waals surface area contributed by atoms with Gasteiger partial charge in [0.25, 0.3) is 5.91 Å². The van der Waals surface area contributed by atoms with Crippen LogP contribution in [0.15, 0.2) is 29.0 Å². The van der Waals surface area contributed by atoms with E-state index >= 15 is 0 Å². The van der Waals surface area contributed by atoms with Gasteiger partial charge in [0, 0.05) is 28.3 Å². The smallest absolute Gasteiger partial charge is 0.259 e. The number of carbonyl (C=O) groups is 1. The van der Waals surface area contributed by atoms with Crippen LogP contribution in [0.2, 0.25) is 0 Å². The van der Waals surface area contributed by atoms with Gasteiger partial charge in [-0.2, -0.15) is 0 Å². The van der Waals surface area contributed by atoms with Crippen LogP contribution in [0.1, 0.15) is 21.7 Å². The maximum atomic E-state index is 11.9. The fraction of sp³-hybridized carbons (Fsp3) is 0.167. The van der Waals surface area contributed by atoms with Crippen LogP contribution in [0.4, 0.5) is 5.95 Å². The van der Waals surface area contributed by atoms with Crippen LogP contribution in [-0.2, 0) is 0 Å². The number of aromatic nitrogens is 3. The number of hydrogen-bond donors (Lipinski definition) is 1. The Labute approximate surface area is 113 Å². The monoisotopic (exact) mass is 306 g/mol. The van der Waals surface area contributed by atoms with Gasteiger partial charge in [0.05, 0.1) is 5.56 Å². The zero-order chi connectivity index (χ0) is 13.1. The first-order valence-electron chi connectivity index (χ1n) is 5.29. The fourth-order valence-electron chi connectivity index (χ4n) is 1.49. The minimum atomic E-state index is -0.284. The highest BCUT2D eigenvalue weighted by Gasteiger charge is 2.09. The Morgan fingerprint density at radius 3 is 2.44 bits per heavy atom. The van der Waals surface area contributed by atoms with E-state index in [9.17, 15) is 4.79 Å². The van der Waals surface area contributed by atoms with Crippen molar-refractivity contribution in [3.05, 3.63) is 46.0 Å². The van der Waals surface area contributed by atoms with Crippen LogP contribution >= 0.6 is 15.9 Å². The summed E-state index contributed by atoms with van der Waals surface area (Å²) in [6.07, 6.45) is 3.10. The molecule has 0 aromatic carbocycles. The Bertz CT molecular complexity index is 580. The number of amides is 1. The Morgan fingerprint density at radius 2 is 1.83 bits per heavy atom. The summed E-state index contributed by atoms with van der Waals surface area (Å²) in [4.78, 5) is 24.2. The van der Waals surface area contributed by atoms with Crippen molar-refractivity contribution in [3.8, 4) is 0 Å². The number of pyridine rings is 1. The number of hydrogen-bond acceptors (Lipinski definition) is 4. The molecule has 0 unspecified atom stereocenters. The van der Waals surface area contributed by atoms with Gasteiger partial charge in [-0.1, -0.05) is 0 Å². The second-order valence-corrected chi connectivity index (χ2v) is 4.74. The summed E-state index contributed by atoms with van der Waals surface area (Å²) < 4.78 is 0.747. The predicted octanol–water partition coefficient (Wildman–Crippen LogP) is 2.50. The molecule has 0 radical (unpaired) electrons. The van der Waals surface area contributed by atoms with Crippen molar-refractivity contribution in [1.29, 1.82) is 0 Å². The molecule has 0 fully saturated rings. The van der Waals surface area contributed by atoms with E-state index in [4.69, 9.17) is 0 Å². The first-order valence-corrected chi connectivity index (χ1v) is 6.08. The Balaban J connectivity index is 2.21. The largest absolute Gasteiger partial charge is 0.290 e. The zero-order valence-electron chi connectivity index (χ0n) is 9.94. The number of anilines is 1. The van der Waals surface area contributed by atoms with Gasteiger partial charge in [0.2, 0.25) is 5.95 Å². The van der Waals surface area contributed by atoms with E-state index in [0.29, 0.717) is 11.5 Å².